The summed E-state index contributed by atoms with van der Waals surface area (Å²) >= 11 is 24.4. The Bertz CT molecular complexity index is 929. The van der Waals surface area contributed by atoms with Gasteiger partial charge in [0.2, 0.25) is 0 Å². The third kappa shape index (κ3) is 5.39. The molecule has 2 aromatic carbocycles. The lowest BCUT2D eigenvalue weighted by atomic mass is 10.0. The van der Waals surface area contributed by atoms with Gasteiger partial charge in [-0.25, -0.2) is 5.01 Å². The fourth-order valence-corrected chi connectivity index (χ4v) is 4.57. The summed E-state index contributed by atoms with van der Waals surface area (Å²) in [5.41, 5.74) is 6.11. The minimum atomic E-state index is -0.0259. The first kappa shape index (κ1) is 23.6. The fourth-order valence-electron chi connectivity index (χ4n) is 3.69. The molecule has 1 atom stereocenters. The molecule has 0 radical (unpaired) electrons. The van der Waals surface area contributed by atoms with Crippen molar-refractivity contribution in [1.82, 2.24) is 10.4 Å². The number of hydrazine groups is 1. The number of hydrogen-bond acceptors (Lipinski definition) is 4. The van der Waals surface area contributed by atoms with E-state index in [4.69, 9.17) is 52.1 Å². The Morgan fingerprint density at radius 3 is 2.30 bits per heavy atom. The summed E-state index contributed by atoms with van der Waals surface area (Å²) in [4.78, 5) is 0.665. The van der Waals surface area contributed by atoms with E-state index in [0.29, 0.717) is 26.5 Å². The van der Waals surface area contributed by atoms with Crippen LogP contribution in [0.4, 0.5) is 5.69 Å². The minimum Gasteiger partial charge on any atom is -0.308 e. The highest BCUT2D eigenvalue weighted by molar-refractivity contribution is 7.82. The molecule has 1 fully saturated rings. The Morgan fingerprint density at radius 1 is 0.967 bits per heavy atom. The van der Waals surface area contributed by atoms with Crippen LogP contribution in [0.2, 0.25) is 15.1 Å². The minimum absolute atomic E-state index is 0. The van der Waals surface area contributed by atoms with Crippen molar-refractivity contribution in [3.63, 3.8) is 0 Å². The number of hydrogen-bond donors (Lipinski definition) is 1. The van der Waals surface area contributed by atoms with Gasteiger partial charge < -0.3 is 5.43 Å². The summed E-state index contributed by atoms with van der Waals surface area (Å²) in [5.74, 6) is 0. The Kier molecular flexibility index (Phi) is 8.24. The summed E-state index contributed by atoms with van der Waals surface area (Å²) < 4.78 is 0. The molecule has 0 bridgehead atoms. The first-order valence-electron chi connectivity index (χ1n) is 9.64. The molecule has 1 saturated heterocycles. The molecule has 2 aliphatic heterocycles. The molecule has 1 unspecified atom stereocenters. The van der Waals surface area contributed by atoms with Crippen LogP contribution in [0, 0.1) is 0 Å². The summed E-state index contributed by atoms with van der Waals surface area (Å²) in [5, 5.41) is 10.8. The van der Waals surface area contributed by atoms with Gasteiger partial charge in [0.05, 0.1) is 22.5 Å². The Morgan fingerprint density at radius 2 is 1.63 bits per heavy atom. The second kappa shape index (κ2) is 10.5. The molecular weight excluding hydrogens is 482 g/mol. The number of halogens is 4. The van der Waals surface area contributed by atoms with Crippen LogP contribution in [0.1, 0.15) is 37.3 Å². The standard InChI is InChI=1S/C21H21Cl3N4S.ClH/c22-15-6-4-14(5-7-15)20-13-18(21(29)26-27-10-2-1-3-11-27)25-28(20)19-9-8-16(23)12-17(19)24;/h4-9,12,20H,1-3,10-11,13H2,(H,26,29);1H. The first-order chi connectivity index (χ1) is 14.0. The monoisotopic (exact) mass is 502 g/mol. The third-order valence-electron chi connectivity index (χ3n) is 5.20. The number of anilines is 1. The van der Waals surface area contributed by atoms with E-state index in [1.54, 1.807) is 6.07 Å². The van der Waals surface area contributed by atoms with Crippen molar-refractivity contribution in [2.75, 3.05) is 18.1 Å². The van der Waals surface area contributed by atoms with Crippen LogP contribution >= 0.6 is 59.4 Å². The predicted octanol–water partition coefficient (Wildman–Crippen LogP) is 6.69. The molecule has 4 rings (SSSR count). The maximum atomic E-state index is 6.50. The van der Waals surface area contributed by atoms with Gasteiger partial charge in [-0.2, -0.15) is 5.10 Å². The van der Waals surface area contributed by atoms with Crippen LogP contribution in [0.25, 0.3) is 0 Å². The van der Waals surface area contributed by atoms with Crippen LogP contribution < -0.4 is 10.4 Å². The van der Waals surface area contributed by atoms with Crippen molar-refractivity contribution in [3.8, 4) is 0 Å². The van der Waals surface area contributed by atoms with E-state index >= 15 is 0 Å². The number of thiocarbonyl (C=S) groups is 1. The van der Waals surface area contributed by atoms with Crippen LogP contribution in [0.5, 0.6) is 0 Å². The van der Waals surface area contributed by atoms with Crippen LogP contribution in [0.3, 0.4) is 0 Å². The van der Waals surface area contributed by atoms with Gasteiger partial charge in [-0.15, -0.1) is 12.4 Å². The van der Waals surface area contributed by atoms with Crippen LogP contribution in [0.15, 0.2) is 47.6 Å². The van der Waals surface area contributed by atoms with Gasteiger partial charge in [0.25, 0.3) is 0 Å². The molecule has 4 nitrogen and oxygen atoms in total. The molecule has 2 aromatic rings. The van der Waals surface area contributed by atoms with Crippen molar-refractivity contribution in [1.29, 1.82) is 0 Å². The lowest BCUT2D eigenvalue weighted by molar-refractivity contribution is 0.197. The normalized spacial score (nSPS) is 19.2. The Hall–Kier alpha value is -1.08. The molecule has 0 amide bonds. The molecular formula is C21H22Cl4N4S. The van der Waals surface area contributed by atoms with E-state index < -0.39 is 0 Å². The largest absolute Gasteiger partial charge is 0.308 e. The second-order valence-corrected chi connectivity index (χ2v) is 8.94. The summed E-state index contributed by atoms with van der Waals surface area (Å²) in [6.07, 6.45) is 4.32. The zero-order chi connectivity index (χ0) is 20.4. The Labute approximate surface area is 203 Å². The van der Waals surface area contributed by atoms with Gasteiger partial charge in [0.15, 0.2) is 0 Å². The number of nitrogens with zero attached hydrogens (tertiary/aromatic N) is 3. The molecule has 9 heteroatoms. The van der Waals surface area contributed by atoms with Crippen molar-refractivity contribution in [3.05, 3.63) is 63.1 Å². The maximum absolute atomic E-state index is 6.50. The zero-order valence-corrected chi connectivity index (χ0v) is 20.1. The summed E-state index contributed by atoms with van der Waals surface area (Å²) in [6, 6.07) is 13.2. The third-order valence-corrected chi connectivity index (χ3v) is 6.32. The van der Waals surface area contributed by atoms with Gasteiger partial charge in [-0.1, -0.05) is 65.6 Å². The van der Waals surface area contributed by atoms with Crippen LogP contribution in [-0.2, 0) is 0 Å². The summed E-state index contributed by atoms with van der Waals surface area (Å²) in [7, 11) is 0. The molecule has 0 aromatic heterocycles. The molecule has 0 saturated carbocycles. The SMILES string of the molecule is Cl.S=C(NN1CCCCC1)C1=NN(c2ccc(Cl)cc2Cl)C(c2ccc(Cl)cc2)C1. The first-order valence-corrected chi connectivity index (χ1v) is 11.2. The van der Waals surface area contributed by atoms with Gasteiger partial charge in [0.1, 0.15) is 4.99 Å². The number of piperidine rings is 1. The molecule has 0 spiro atoms. The van der Waals surface area contributed by atoms with Crippen molar-refractivity contribution in [2.24, 2.45) is 5.10 Å². The number of benzene rings is 2. The fraction of sp³-hybridized carbons (Fsp3) is 0.333. The lowest BCUT2D eigenvalue weighted by Gasteiger charge is -2.27. The van der Waals surface area contributed by atoms with E-state index in [1.165, 1.54) is 19.3 Å². The molecule has 2 aliphatic rings. The van der Waals surface area contributed by atoms with E-state index in [0.717, 1.165) is 30.1 Å². The van der Waals surface area contributed by atoms with Gasteiger partial charge in [-0.3, -0.25) is 5.01 Å². The molecule has 0 aliphatic carbocycles. The van der Waals surface area contributed by atoms with Gasteiger partial charge in [-0.05, 0) is 48.7 Å². The smallest absolute Gasteiger partial charge is 0.137 e. The average molecular weight is 504 g/mol. The van der Waals surface area contributed by atoms with E-state index in [-0.39, 0.29) is 18.4 Å². The maximum Gasteiger partial charge on any atom is 0.137 e. The zero-order valence-electron chi connectivity index (χ0n) is 16.2. The van der Waals surface area contributed by atoms with Gasteiger partial charge >= 0.3 is 0 Å². The van der Waals surface area contributed by atoms with Crippen molar-refractivity contribution in [2.45, 2.75) is 31.7 Å². The van der Waals surface area contributed by atoms with Crippen molar-refractivity contribution >= 4 is 75.8 Å². The molecule has 30 heavy (non-hydrogen) atoms. The molecule has 2 heterocycles. The molecule has 160 valence electrons. The Balaban J connectivity index is 0.00000256. The highest BCUT2D eigenvalue weighted by Gasteiger charge is 2.32. The highest BCUT2D eigenvalue weighted by atomic mass is 35.5. The number of rotatable bonds is 4. The van der Waals surface area contributed by atoms with Gasteiger partial charge in [0, 0.05) is 29.6 Å². The summed E-state index contributed by atoms with van der Waals surface area (Å²) in [6.45, 7) is 2.00. The average Bonchev–Trinajstić information content (AvgIpc) is 3.14. The number of nitrogens with one attached hydrogen (secondary N) is 1. The van der Waals surface area contributed by atoms with E-state index in [2.05, 4.69) is 10.4 Å². The quantitative estimate of drug-likeness (QED) is 0.470. The van der Waals surface area contributed by atoms with E-state index in [1.807, 2.05) is 41.4 Å². The topological polar surface area (TPSA) is 30.9 Å². The highest BCUT2D eigenvalue weighted by Crippen LogP contribution is 2.40. The second-order valence-electron chi connectivity index (χ2n) is 7.25. The lowest BCUT2D eigenvalue weighted by Crippen LogP contribution is -2.46. The predicted molar refractivity (Wildman–Crippen MR) is 134 cm³/mol. The van der Waals surface area contributed by atoms with Crippen molar-refractivity contribution < 1.29 is 0 Å². The van der Waals surface area contributed by atoms with Crippen LogP contribution in [-0.4, -0.2) is 28.8 Å². The number of hydrazone groups is 1. The van der Waals surface area contributed by atoms with E-state index in [9.17, 15) is 0 Å². The molecule has 1 N–H and O–H groups in total.